The maximum Gasteiger partial charge on any atom is 0.183 e. The molecule has 21 heavy (non-hydrogen) atoms. The number of hydrogen-bond donors (Lipinski definition) is 2. The quantitative estimate of drug-likeness (QED) is 0.757. The Hall–Kier alpha value is -2.36. The van der Waals surface area contributed by atoms with Gasteiger partial charge in [-0.05, 0) is 42.4 Å². The fourth-order valence-electron chi connectivity index (χ4n) is 3.35. The molecule has 1 aromatic carbocycles. The lowest BCUT2D eigenvalue weighted by atomic mass is 9.87. The molecular weight excluding hydrogens is 260 g/mol. The van der Waals surface area contributed by atoms with Crippen LogP contribution in [0.1, 0.15) is 35.2 Å². The molecule has 0 saturated carbocycles. The lowest BCUT2D eigenvalue weighted by molar-refractivity contribution is 0.680. The molecule has 1 aliphatic rings. The smallest absolute Gasteiger partial charge is 0.183 e. The van der Waals surface area contributed by atoms with Crippen LogP contribution in [0, 0.1) is 0 Å². The van der Waals surface area contributed by atoms with E-state index in [-0.39, 0.29) is 0 Å². The van der Waals surface area contributed by atoms with Crippen molar-refractivity contribution >= 4 is 16.9 Å². The number of aryl methyl sites for hydroxylation is 1. The van der Waals surface area contributed by atoms with Crippen molar-refractivity contribution in [3.63, 3.8) is 0 Å². The highest BCUT2D eigenvalue weighted by Gasteiger charge is 2.21. The number of aromatic nitrogens is 3. The van der Waals surface area contributed by atoms with Crippen LogP contribution < -0.4 is 5.73 Å². The third kappa shape index (κ3) is 2.07. The fourth-order valence-corrected chi connectivity index (χ4v) is 3.35. The number of hydrogen-bond acceptors (Lipinski definition) is 3. The zero-order valence-electron chi connectivity index (χ0n) is 11.9. The van der Waals surface area contributed by atoms with Crippen LogP contribution in [0.5, 0.6) is 0 Å². The molecule has 0 unspecified atom stereocenters. The SMILES string of the molecule is Nc1[nH]nc2nc(Cc3ccccc3)c3c(c12)CCCC3. The molecule has 4 heteroatoms. The van der Waals surface area contributed by atoms with Crippen LogP contribution in [0.4, 0.5) is 5.82 Å². The number of nitrogens with zero attached hydrogens (tertiary/aromatic N) is 2. The summed E-state index contributed by atoms with van der Waals surface area (Å²) >= 11 is 0. The summed E-state index contributed by atoms with van der Waals surface area (Å²) in [5, 5.41) is 8.19. The summed E-state index contributed by atoms with van der Waals surface area (Å²) in [6.07, 6.45) is 5.51. The summed E-state index contributed by atoms with van der Waals surface area (Å²) in [5.74, 6) is 0.655. The molecule has 0 saturated heterocycles. The van der Waals surface area contributed by atoms with Gasteiger partial charge < -0.3 is 5.73 Å². The molecule has 0 radical (unpaired) electrons. The van der Waals surface area contributed by atoms with Crippen LogP contribution in [0.2, 0.25) is 0 Å². The number of nitrogens with two attached hydrogens (primary N) is 1. The van der Waals surface area contributed by atoms with Crippen molar-refractivity contribution in [3.05, 3.63) is 52.7 Å². The number of fused-ring (bicyclic) bond motifs is 3. The lowest BCUT2D eigenvalue weighted by Gasteiger charge is -2.19. The van der Waals surface area contributed by atoms with E-state index in [1.54, 1.807) is 0 Å². The number of nitrogens with one attached hydrogen (secondary N) is 1. The summed E-state index contributed by atoms with van der Waals surface area (Å²) in [7, 11) is 0. The second-order valence-corrected chi connectivity index (χ2v) is 5.72. The number of H-pyrrole nitrogens is 1. The van der Waals surface area contributed by atoms with Gasteiger partial charge in [0.15, 0.2) is 5.65 Å². The molecule has 2 aromatic heterocycles. The first kappa shape index (κ1) is 12.4. The highest BCUT2D eigenvalue weighted by molar-refractivity contribution is 5.90. The van der Waals surface area contributed by atoms with Gasteiger partial charge >= 0.3 is 0 Å². The van der Waals surface area contributed by atoms with Crippen molar-refractivity contribution in [1.29, 1.82) is 0 Å². The minimum absolute atomic E-state index is 0.655. The van der Waals surface area contributed by atoms with E-state index in [0.717, 1.165) is 36.0 Å². The van der Waals surface area contributed by atoms with Gasteiger partial charge in [-0.3, -0.25) is 5.10 Å². The second kappa shape index (κ2) is 4.88. The molecule has 0 spiro atoms. The molecule has 2 heterocycles. The molecule has 4 nitrogen and oxygen atoms in total. The molecule has 1 aliphatic carbocycles. The first-order valence-electron chi connectivity index (χ1n) is 7.51. The van der Waals surface area contributed by atoms with E-state index in [1.807, 2.05) is 6.07 Å². The van der Waals surface area contributed by atoms with E-state index in [9.17, 15) is 0 Å². The number of aromatic amines is 1. The number of rotatable bonds is 2. The third-order valence-corrected chi connectivity index (χ3v) is 4.35. The molecule has 106 valence electrons. The third-order valence-electron chi connectivity index (χ3n) is 4.35. The van der Waals surface area contributed by atoms with Crippen LogP contribution in [-0.2, 0) is 19.3 Å². The monoisotopic (exact) mass is 278 g/mol. The van der Waals surface area contributed by atoms with Crippen LogP contribution >= 0.6 is 0 Å². The Morgan fingerprint density at radius 2 is 1.81 bits per heavy atom. The van der Waals surface area contributed by atoms with E-state index in [0.29, 0.717) is 5.82 Å². The van der Waals surface area contributed by atoms with E-state index >= 15 is 0 Å². The minimum Gasteiger partial charge on any atom is -0.384 e. The highest BCUT2D eigenvalue weighted by atomic mass is 15.2. The fraction of sp³-hybridized carbons (Fsp3) is 0.294. The zero-order chi connectivity index (χ0) is 14.2. The topological polar surface area (TPSA) is 67.6 Å². The van der Waals surface area contributed by atoms with Gasteiger partial charge in [-0.25, -0.2) is 4.98 Å². The first-order chi connectivity index (χ1) is 10.3. The molecule has 0 aliphatic heterocycles. The van der Waals surface area contributed by atoms with Crippen molar-refractivity contribution < 1.29 is 0 Å². The van der Waals surface area contributed by atoms with Crippen LogP contribution in [0.25, 0.3) is 11.0 Å². The molecule has 3 aromatic rings. The lowest BCUT2D eigenvalue weighted by Crippen LogP contribution is -2.10. The molecule has 3 N–H and O–H groups in total. The Labute approximate surface area is 123 Å². The number of anilines is 1. The zero-order valence-corrected chi connectivity index (χ0v) is 11.9. The Kier molecular flexibility index (Phi) is 2.88. The van der Waals surface area contributed by atoms with Gasteiger partial charge in [-0.1, -0.05) is 30.3 Å². The number of pyridine rings is 1. The summed E-state index contributed by atoms with van der Waals surface area (Å²) < 4.78 is 0. The van der Waals surface area contributed by atoms with E-state index < -0.39 is 0 Å². The van der Waals surface area contributed by atoms with Gasteiger partial charge in [0.2, 0.25) is 0 Å². The minimum atomic E-state index is 0.655. The normalized spacial score (nSPS) is 14.3. The van der Waals surface area contributed by atoms with E-state index in [2.05, 4.69) is 34.5 Å². The van der Waals surface area contributed by atoms with Crippen molar-refractivity contribution in [2.75, 3.05) is 5.73 Å². The largest absolute Gasteiger partial charge is 0.384 e. The maximum atomic E-state index is 6.04. The average Bonchev–Trinajstić information content (AvgIpc) is 2.90. The van der Waals surface area contributed by atoms with Crippen molar-refractivity contribution in [2.45, 2.75) is 32.1 Å². The highest BCUT2D eigenvalue weighted by Crippen LogP contribution is 2.32. The van der Waals surface area contributed by atoms with Gasteiger partial charge in [0.25, 0.3) is 0 Å². The van der Waals surface area contributed by atoms with E-state index in [4.69, 9.17) is 10.7 Å². The Morgan fingerprint density at radius 1 is 1.05 bits per heavy atom. The van der Waals surface area contributed by atoms with Gasteiger partial charge in [-0.15, -0.1) is 0 Å². The average molecular weight is 278 g/mol. The summed E-state index contributed by atoms with van der Waals surface area (Å²) in [4.78, 5) is 4.78. The van der Waals surface area contributed by atoms with Gasteiger partial charge in [-0.2, -0.15) is 5.10 Å². The van der Waals surface area contributed by atoms with Crippen molar-refractivity contribution in [3.8, 4) is 0 Å². The molecule has 0 fully saturated rings. The Bertz CT molecular complexity index is 789. The summed E-state index contributed by atoms with van der Waals surface area (Å²) in [6, 6.07) is 10.5. The van der Waals surface area contributed by atoms with Crippen LogP contribution in [0.15, 0.2) is 30.3 Å². The molecule has 4 rings (SSSR count). The van der Waals surface area contributed by atoms with Crippen molar-refractivity contribution in [2.24, 2.45) is 0 Å². The maximum absolute atomic E-state index is 6.04. The van der Waals surface area contributed by atoms with Crippen LogP contribution in [-0.4, -0.2) is 15.2 Å². The van der Waals surface area contributed by atoms with Gasteiger partial charge in [0.1, 0.15) is 5.82 Å². The molecule has 0 atom stereocenters. The molecular formula is C17H18N4. The summed E-state index contributed by atoms with van der Waals surface area (Å²) in [5.41, 5.74) is 12.0. The molecule has 0 bridgehead atoms. The van der Waals surface area contributed by atoms with Crippen LogP contribution in [0.3, 0.4) is 0 Å². The first-order valence-corrected chi connectivity index (χ1v) is 7.51. The summed E-state index contributed by atoms with van der Waals surface area (Å²) in [6.45, 7) is 0. The number of nitrogen functional groups attached to an aromatic ring is 1. The standard InChI is InChI=1S/C17H18N4/c18-16-15-13-9-5-4-8-12(13)14(19-17(15)21-20-16)10-11-6-2-1-3-7-11/h1-3,6-7H,4-5,8-10H2,(H3,18,19,20,21). The van der Waals surface area contributed by atoms with Crippen molar-refractivity contribution in [1.82, 2.24) is 15.2 Å². The Morgan fingerprint density at radius 3 is 2.62 bits per heavy atom. The van der Waals surface area contributed by atoms with Gasteiger partial charge in [0.05, 0.1) is 11.1 Å². The molecule has 0 amide bonds. The van der Waals surface area contributed by atoms with Gasteiger partial charge in [0, 0.05) is 6.42 Å². The number of benzene rings is 1. The van der Waals surface area contributed by atoms with E-state index in [1.165, 1.54) is 29.5 Å². The Balaban J connectivity index is 1.89. The predicted octanol–water partition coefficient (Wildman–Crippen LogP) is 3.01. The second-order valence-electron chi connectivity index (χ2n) is 5.72. The predicted molar refractivity (Wildman–Crippen MR) is 84.2 cm³/mol.